The molecular formula is C18H16N2O2. The van der Waals surface area contributed by atoms with Gasteiger partial charge in [-0.3, -0.25) is 4.79 Å². The number of amides is 1. The summed E-state index contributed by atoms with van der Waals surface area (Å²) in [5.41, 5.74) is 3.48. The minimum Gasteiger partial charge on any atom is -0.355 e. The Balaban J connectivity index is 1.76. The number of aryl methyl sites for hydroxylation is 1. The number of carbonyl (C=O) groups excluding carboxylic acids is 1. The van der Waals surface area contributed by atoms with E-state index in [2.05, 4.69) is 10.5 Å². The number of aromatic nitrogens is 1. The second-order valence-electron chi connectivity index (χ2n) is 5.10. The third-order valence-electron chi connectivity index (χ3n) is 3.42. The first-order chi connectivity index (χ1) is 10.7. The molecule has 1 amide bonds. The fourth-order valence-electron chi connectivity index (χ4n) is 2.19. The van der Waals surface area contributed by atoms with Crippen LogP contribution in [-0.4, -0.2) is 11.1 Å². The van der Waals surface area contributed by atoms with E-state index in [-0.39, 0.29) is 5.91 Å². The van der Waals surface area contributed by atoms with E-state index < -0.39 is 0 Å². The molecule has 0 bridgehead atoms. The van der Waals surface area contributed by atoms with Crippen molar-refractivity contribution in [3.05, 3.63) is 77.5 Å². The maximum atomic E-state index is 12.3. The van der Waals surface area contributed by atoms with E-state index in [0.717, 1.165) is 16.7 Å². The van der Waals surface area contributed by atoms with Gasteiger partial charge in [-0.25, -0.2) is 0 Å². The molecule has 0 fully saturated rings. The van der Waals surface area contributed by atoms with Crippen LogP contribution in [0.5, 0.6) is 0 Å². The summed E-state index contributed by atoms with van der Waals surface area (Å²) in [6.45, 7) is 2.48. The Morgan fingerprint density at radius 3 is 2.55 bits per heavy atom. The van der Waals surface area contributed by atoms with Crippen molar-refractivity contribution in [2.75, 3.05) is 0 Å². The molecule has 0 unspecified atom stereocenters. The predicted molar refractivity (Wildman–Crippen MR) is 84.3 cm³/mol. The van der Waals surface area contributed by atoms with E-state index in [1.54, 1.807) is 0 Å². The van der Waals surface area contributed by atoms with Gasteiger partial charge in [0, 0.05) is 12.1 Å². The van der Waals surface area contributed by atoms with E-state index >= 15 is 0 Å². The third kappa shape index (κ3) is 3.06. The molecule has 2 aromatic carbocycles. The molecule has 110 valence electrons. The van der Waals surface area contributed by atoms with Crippen LogP contribution in [0.15, 0.2) is 65.3 Å². The molecular weight excluding hydrogens is 276 g/mol. The topological polar surface area (TPSA) is 55.1 Å². The molecule has 3 rings (SSSR count). The van der Waals surface area contributed by atoms with Gasteiger partial charge in [0.05, 0.1) is 6.20 Å². The van der Waals surface area contributed by atoms with Gasteiger partial charge >= 0.3 is 0 Å². The van der Waals surface area contributed by atoms with Gasteiger partial charge in [0.1, 0.15) is 5.56 Å². The fraction of sp³-hybridized carbons (Fsp3) is 0.111. The van der Waals surface area contributed by atoms with Gasteiger partial charge in [-0.05, 0) is 12.5 Å². The molecule has 0 saturated heterocycles. The highest BCUT2D eigenvalue weighted by Crippen LogP contribution is 2.23. The Labute approximate surface area is 128 Å². The first kappa shape index (κ1) is 14.1. The highest BCUT2D eigenvalue weighted by Gasteiger charge is 2.17. The Hall–Kier alpha value is -2.88. The van der Waals surface area contributed by atoms with Crippen molar-refractivity contribution >= 4 is 5.91 Å². The Morgan fingerprint density at radius 2 is 1.82 bits per heavy atom. The average molecular weight is 292 g/mol. The zero-order valence-corrected chi connectivity index (χ0v) is 12.2. The minimum atomic E-state index is -0.194. The fourth-order valence-corrected chi connectivity index (χ4v) is 2.19. The number of hydrogen-bond acceptors (Lipinski definition) is 3. The number of nitrogens with zero attached hydrogens (tertiary/aromatic N) is 1. The van der Waals surface area contributed by atoms with Crippen molar-refractivity contribution in [3.63, 3.8) is 0 Å². The van der Waals surface area contributed by atoms with Crippen LogP contribution >= 0.6 is 0 Å². The molecule has 1 heterocycles. The van der Waals surface area contributed by atoms with Crippen molar-refractivity contribution in [3.8, 4) is 11.3 Å². The van der Waals surface area contributed by atoms with Crippen LogP contribution in [0.4, 0.5) is 0 Å². The van der Waals surface area contributed by atoms with Crippen LogP contribution in [0.25, 0.3) is 11.3 Å². The van der Waals surface area contributed by atoms with Gasteiger partial charge in [0.15, 0.2) is 5.76 Å². The van der Waals surface area contributed by atoms with Gasteiger partial charge in [0.25, 0.3) is 5.91 Å². The molecule has 0 saturated carbocycles. The lowest BCUT2D eigenvalue weighted by molar-refractivity contribution is 0.0951. The molecule has 0 atom stereocenters. The van der Waals surface area contributed by atoms with Crippen molar-refractivity contribution in [1.29, 1.82) is 0 Å². The van der Waals surface area contributed by atoms with E-state index in [1.807, 2.05) is 61.5 Å². The highest BCUT2D eigenvalue weighted by atomic mass is 16.5. The summed E-state index contributed by atoms with van der Waals surface area (Å²) in [4.78, 5) is 12.3. The van der Waals surface area contributed by atoms with Gasteiger partial charge in [-0.15, -0.1) is 0 Å². The summed E-state index contributed by atoms with van der Waals surface area (Å²) >= 11 is 0. The monoisotopic (exact) mass is 292 g/mol. The molecule has 0 aliphatic heterocycles. The zero-order chi connectivity index (χ0) is 15.4. The van der Waals surface area contributed by atoms with Gasteiger partial charge in [-0.1, -0.05) is 65.3 Å². The van der Waals surface area contributed by atoms with Crippen molar-refractivity contribution < 1.29 is 9.32 Å². The van der Waals surface area contributed by atoms with E-state index in [1.165, 1.54) is 6.20 Å². The van der Waals surface area contributed by atoms with Crippen LogP contribution in [-0.2, 0) is 6.54 Å². The van der Waals surface area contributed by atoms with Crippen LogP contribution in [0.3, 0.4) is 0 Å². The lowest BCUT2D eigenvalue weighted by Crippen LogP contribution is -2.22. The van der Waals surface area contributed by atoms with Crippen LogP contribution in [0, 0.1) is 6.92 Å². The summed E-state index contributed by atoms with van der Waals surface area (Å²) in [6.07, 6.45) is 1.45. The van der Waals surface area contributed by atoms with E-state index in [0.29, 0.717) is 17.9 Å². The molecule has 4 nitrogen and oxygen atoms in total. The Morgan fingerprint density at radius 1 is 1.09 bits per heavy atom. The lowest BCUT2D eigenvalue weighted by atomic mass is 10.1. The maximum Gasteiger partial charge on any atom is 0.257 e. The van der Waals surface area contributed by atoms with Crippen molar-refractivity contribution in [2.45, 2.75) is 13.5 Å². The highest BCUT2D eigenvalue weighted by molar-refractivity contribution is 5.99. The van der Waals surface area contributed by atoms with Crippen LogP contribution in [0.2, 0.25) is 0 Å². The minimum absolute atomic E-state index is 0.194. The molecule has 4 heteroatoms. The summed E-state index contributed by atoms with van der Waals surface area (Å²) in [6, 6.07) is 17.6. The van der Waals surface area contributed by atoms with Gasteiger partial charge < -0.3 is 9.84 Å². The lowest BCUT2D eigenvalue weighted by Gasteiger charge is -2.05. The molecule has 22 heavy (non-hydrogen) atoms. The molecule has 0 radical (unpaired) electrons. The van der Waals surface area contributed by atoms with Gasteiger partial charge in [-0.2, -0.15) is 0 Å². The second kappa shape index (κ2) is 6.26. The third-order valence-corrected chi connectivity index (χ3v) is 3.42. The first-order valence-corrected chi connectivity index (χ1v) is 7.08. The SMILES string of the molecule is Cc1ccc(-c2oncc2C(=O)NCc2ccccc2)cc1. The summed E-state index contributed by atoms with van der Waals surface area (Å²) in [5, 5.41) is 6.65. The zero-order valence-electron chi connectivity index (χ0n) is 12.2. The maximum absolute atomic E-state index is 12.3. The Kier molecular flexibility index (Phi) is 4.01. The number of benzene rings is 2. The van der Waals surface area contributed by atoms with Crippen LogP contribution in [0.1, 0.15) is 21.5 Å². The first-order valence-electron chi connectivity index (χ1n) is 7.08. The standard InChI is InChI=1S/C18H16N2O2/c1-13-7-9-15(10-8-13)17-16(12-20-22-17)18(21)19-11-14-5-3-2-4-6-14/h2-10,12H,11H2,1H3,(H,19,21). The normalized spacial score (nSPS) is 10.4. The van der Waals surface area contributed by atoms with Crippen molar-refractivity contribution in [1.82, 2.24) is 10.5 Å². The molecule has 0 aliphatic rings. The molecule has 0 aliphatic carbocycles. The smallest absolute Gasteiger partial charge is 0.257 e. The van der Waals surface area contributed by atoms with E-state index in [9.17, 15) is 4.79 Å². The summed E-state index contributed by atoms with van der Waals surface area (Å²) in [5.74, 6) is 0.297. The number of rotatable bonds is 4. The van der Waals surface area contributed by atoms with Crippen LogP contribution < -0.4 is 5.32 Å². The molecule has 3 aromatic rings. The number of carbonyl (C=O) groups is 1. The quantitative estimate of drug-likeness (QED) is 0.799. The summed E-state index contributed by atoms with van der Waals surface area (Å²) in [7, 11) is 0. The van der Waals surface area contributed by atoms with Gasteiger partial charge in [0.2, 0.25) is 0 Å². The molecule has 1 N–H and O–H groups in total. The second-order valence-corrected chi connectivity index (χ2v) is 5.10. The largest absolute Gasteiger partial charge is 0.355 e. The number of hydrogen-bond donors (Lipinski definition) is 1. The Bertz CT molecular complexity index is 761. The average Bonchev–Trinajstić information content (AvgIpc) is 3.04. The van der Waals surface area contributed by atoms with Crippen molar-refractivity contribution in [2.24, 2.45) is 0 Å². The van der Waals surface area contributed by atoms with E-state index in [4.69, 9.17) is 4.52 Å². The predicted octanol–water partition coefficient (Wildman–Crippen LogP) is 3.58. The summed E-state index contributed by atoms with van der Waals surface area (Å²) < 4.78 is 5.25. The number of nitrogens with one attached hydrogen (secondary N) is 1. The molecule has 0 spiro atoms. The molecule has 1 aromatic heterocycles.